The van der Waals surface area contributed by atoms with Crippen molar-refractivity contribution in [3.8, 4) is 11.4 Å². The van der Waals surface area contributed by atoms with E-state index in [0.717, 1.165) is 39.5 Å². The van der Waals surface area contributed by atoms with Crippen molar-refractivity contribution in [2.24, 2.45) is 0 Å². The fraction of sp³-hybridized carbons (Fsp3) is 0.136. The predicted molar refractivity (Wildman–Crippen MR) is 114 cm³/mol. The Labute approximate surface area is 167 Å². The number of fused-ring (bicyclic) bond motifs is 1. The third-order valence-corrected chi connectivity index (χ3v) is 5.40. The lowest BCUT2D eigenvalue weighted by atomic mass is 10.1. The maximum Gasteiger partial charge on any atom is 0.234 e. The molecule has 1 N–H and O–H groups in total. The van der Waals surface area contributed by atoms with Gasteiger partial charge in [0.05, 0.1) is 5.75 Å². The van der Waals surface area contributed by atoms with Gasteiger partial charge >= 0.3 is 0 Å². The number of carbonyl (C=O) groups excluding carboxylic acids is 1. The maximum atomic E-state index is 12.4. The van der Waals surface area contributed by atoms with Crippen LogP contribution in [0.5, 0.6) is 0 Å². The Bertz CT molecular complexity index is 1110. The van der Waals surface area contributed by atoms with Crippen molar-refractivity contribution in [2.75, 3.05) is 11.1 Å². The maximum absolute atomic E-state index is 12.4. The average molecular weight is 388 g/mol. The van der Waals surface area contributed by atoms with Gasteiger partial charge in [0.25, 0.3) is 0 Å². The van der Waals surface area contributed by atoms with Gasteiger partial charge in [-0.3, -0.25) is 4.79 Å². The van der Waals surface area contributed by atoms with Gasteiger partial charge in [-0.15, -0.1) is 10.2 Å². The Morgan fingerprint density at radius 3 is 2.50 bits per heavy atom. The Morgan fingerprint density at radius 2 is 1.71 bits per heavy atom. The van der Waals surface area contributed by atoms with E-state index < -0.39 is 0 Å². The molecule has 5 nitrogen and oxygen atoms in total. The molecule has 1 heterocycles. The number of aromatic nitrogens is 3. The quantitative estimate of drug-likeness (QED) is 0.480. The molecule has 4 aromatic rings. The van der Waals surface area contributed by atoms with Gasteiger partial charge in [0.2, 0.25) is 5.91 Å². The summed E-state index contributed by atoms with van der Waals surface area (Å²) in [5, 5.41) is 14.6. The van der Waals surface area contributed by atoms with Crippen molar-refractivity contribution in [3.05, 3.63) is 72.8 Å². The smallest absolute Gasteiger partial charge is 0.234 e. The molecule has 1 amide bonds. The van der Waals surface area contributed by atoms with E-state index in [2.05, 4.69) is 28.5 Å². The molecule has 0 aliphatic heterocycles. The van der Waals surface area contributed by atoms with Crippen LogP contribution in [0.3, 0.4) is 0 Å². The minimum absolute atomic E-state index is 0.0628. The number of hydrogen-bond donors (Lipinski definition) is 1. The second-order valence-electron chi connectivity index (χ2n) is 6.32. The van der Waals surface area contributed by atoms with Crippen LogP contribution in [-0.2, 0) is 11.3 Å². The summed E-state index contributed by atoms with van der Waals surface area (Å²) in [5.41, 5.74) is 1.82. The fourth-order valence-corrected chi connectivity index (χ4v) is 3.88. The minimum Gasteiger partial charge on any atom is -0.325 e. The van der Waals surface area contributed by atoms with E-state index in [0.29, 0.717) is 0 Å². The molecule has 0 fully saturated rings. The molecule has 28 heavy (non-hydrogen) atoms. The van der Waals surface area contributed by atoms with Crippen LogP contribution in [-0.4, -0.2) is 26.4 Å². The predicted octanol–water partition coefficient (Wildman–Crippen LogP) is 4.85. The first-order valence-electron chi connectivity index (χ1n) is 9.14. The molecule has 0 saturated heterocycles. The van der Waals surface area contributed by atoms with Crippen LogP contribution in [0, 0.1) is 0 Å². The van der Waals surface area contributed by atoms with Crippen molar-refractivity contribution in [1.82, 2.24) is 14.8 Å². The highest BCUT2D eigenvalue weighted by molar-refractivity contribution is 7.99. The molecule has 0 saturated carbocycles. The van der Waals surface area contributed by atoms with E-state index >= 15 is 0 Å². The summed E-state index contributed by atoms with van der Waals surface area (Å²) in [7, 11) is 0. The molecular formula is C22H20N4OS. The fourth-order valence-electron chi connectivity index (χ4n) is 3.08. The van der Waals surface area contributed by atoms with Crippen molar-refractivity contribution < 1.29 is 4.79 Å². The lowest BCUT2D eigenvalue weighted by molar-refractivity contribution is -0.113. The summed E-state index contributed by atoms with van der Waals surface area (Å²) in [6.07, 6.45) is 0. The number of nitrogens with one attached hydrogen (secondary N) is 1. The molecule has 0 bridgehead atoms. The molecule has 4 rings (SSSR count). The number of benzene rings is 3. The molecular weight excluding hydrogens is 368 g/mol. The van der Waals surface area contributed by atoms with E-state index in [4.69, 9.17) is 0 Å². The zero-order valence-corrected chi connectivity index (χ0v) is 16.3. The third kappa shape index (κ3) is 3.92. The molecule has 0 radical (unpaired) electrons. The number of rotatable bonds is 6. The van der Waals surface area contributed by atoms with Crippen LogP contribution in [0.25, 0.3) is 22.2 Å². The summed E-state index contributed by atoms with van der Waals surface area (Å²) >= 11 is 1.40. The van der Waals surface area contributed by atoms with Gasteiger partial charge in [-0.2, -0.15) is 0 Å². The first-order chi connectivity index (χ1) is 13.7. The Morgan fingerprint density at radius 1 is 0.964 bits per heavy atom. The molecule has 0 spiro atoms. The first kappa shape index (κ1) is 18.3. The highest BCUT2D eigenvalue weighted by atomic mass is 32.2. The monoisotopic (exact) mass is 388 g/mol. The normalized spacial score (nSPS) is 10.9. The summed E-state index contributed by atoms with van der Waals surface area (Å²) in [5.74, 6) is 1.03. The summed E-state index contributed by atoms with van der Waals surface area (Å²) in [6.45, 7) is 2.79. The van der Waals surface area contributed by atoms with Crippen LogP contribution in [0.15, 0.2) is 78.0 Å². The SMILES string of the molecule is CCn1c(SCC(=O)Nc2ccc3ccccc3c2)nnc1-c1ccccc1. The number of hydrogen-bond acceptors (Lipinski definition) is 4. The standard InChI is InChI=1S/C22H20N4OS/c1-2-26-21(17-9-4-3-5-10-17)24-25-22(26)28-15-20(27)23-19-13-12-16-8-6-7-11-18(16)14-19/h3-14H,2,15H2,1H3,(H,23,27). The number of thioether (sulfide) groups is 1. The lowest BCUT2D eigenvalue weighted by Crippen LogP contribution is -2.14. The van der Waals surface area contributed by atoms with Gasteiger partial charge in [0.15, 0.2) is 11.0 Å². The molecule has 3 aromatic carbocycles. The van der Waals surface area contributed by atoms with Gasteiger partial charge in [0, 0.05) is 17.8 Å². The summed E-state index contributed by atoms with van der Waals surface area (Å²) < 4.78 is 2.03. The number of carbonyl (C=O) groups is 1. The first-order valence-corrected chi connectivity index (χ1v) is 10.1. The van der Waals surface area contributed by atoms with Crippen molar-refractivity contribution in [1.29, 1.82) is 0 Å². The van der Waals surface area contributed by atoms with Crippen molar-refractivity contribution in [2.45, 2.75) is 18.6 Å². The van der Waals surface area contributed by atoms with Crippen LogP contribution in [0.4, 0.5) is 5.69 Å². The van der Waals surface area contributed by atoms with Gasteiger partial charge in [-0.05, 0) is 29.8 Å². The van der Waals surface area contributed by atoms with Crippen LogP contribution >= 0.6 is 11.8 Å². The molecule has 1 aromatic heterocycles. The molecule has 0 aliphatic rings. The van der Waals surface area contributed by atoms with Crippen LogP contribution < -0.4 is 5.32 Å². The van der Waals surface area contributed by atoms with Crippen molar-refractivity contribution in [3.63, 3.8) is 0 Å². The van der Waals surface area contributed by atoms with Crippen LogP contribution in [0.1, 0.15) is 6.92 Å². The molecule has 0 aliphatic carbocycles. The Hall–Kier alpha value is -3.12. The van der Waals surface area contributed by atoms with E-state index in [1.807, 2.05) is 71.3 Å². The second-order valence-corrected chi connectivity index (χ2v) is 7.26. The molecule has 0 atom stereocenters. The van der Waals surface area contributed by atoms with Gasteiger partial charge < -0.3 is 9.88 Å². The largest absolute Gasteiger partial charge is 0.325 e. The topological polar surface area (TPSA) is 59.8 Å². The average Bonchev–Trinajstić information content (AvgIpc) is 3.16. The number of anilines is 1. The van der Waals surface area contributed by atoms with E-state index in [-0.39, 0.29) is 11.7 Å². The van der Waals surface area contributed by atoms with E-state index in [1.165, 1.54) is 11.8 Å². The zero-order valence-electron chi connectivity index (χ0n) is 15.5. The molecule has 6 heteroatoms. The van der Waals surface area contributed by atoms with Crippen molar-refractivity contribution >= 4 is 34.1 Å². The Kier molecular flexibility index (Phi) is 5.39. The third-order valence-electron chi connectivity index (χ3n) is 4.43. The lowest BCUT2D eigenvalue weighted by Gasteiger charge is -2.08. The second kappa shape index (κ2) is 8.27. The minimum atomic E-state index is -0.0628. The van der Waals surface area contributed by atoms with Gasteiger partial charge in [-0.25, -0.2) is 0 Å². The zero-order chi connectivity index (χ0) is 19.3. The van der Waals surface area contributed by atoms with Gasteiger partial charge in [-0.1, -0.05) is 72.4 Å². The number of nitrogens with zero attached hydrogens (tertiary/aromatic N) is 3. The number of amides is 1. The summed E-state index contributed by atoms with van der Waals surface area (Å²) in [4.78, 5) is 12.4. The highest BCUT2D eigenvalue weighted by Gasteiger charge is 2.14. The van der Waals surface area contributed by atoms with Gasteiger partial charge in [0.1, 0.15) is 0 Å². The molecule has 140 valence electrons. The highest BCUT2D eigenvalue weighted by Crippen LogP contribution is 2.24. The van der Waals surface area contributed by atoms with E-state index in [1.54, 1.807) is 0 Å². The molecule has 0 unspecified atom stereocenters. The van der Waals surface area contributed by atoms with Crippen LogP contribution in [0.2, 0.25) is 0 Å². The van der Waals surface area contributed by atoms with E-state index in [9.17, 15) is 4.79 Å². The summed E-state index contributed by atoms with van der Waals surface area (Å²) in [6, 6.07) is 24.0. The Balaban J connectivity index is 1.44.